The summed E-state index contributed by atoms with van der Waals surface area (Å²) in [5.41, 5.74) is 11.1. The Kier molecular flexibility index (Phi) is 7.27. The lowest BCUT2D eigenvalue weighted by Gasteiger charge is -2.17. The maximum atomic E-state index is 5.39. The van der Waals surface area contributed by atoms with Crippen LogP contribution in [0.5, 0.6) is 0 Å². The molecule has 0 unspecified atom stereocenters. The fourth-order valence-electron chi connectivity index (χ4n) is 9.77. The van der Waals surface area contributed by atoms with E-state index < -0.39 is 0 Å². The number of rotatable bonds is 5. The Balaban J connectivity index is 1.11. The Bertz CT molecular complexity index is 3850. The molecule has 0 atom stereocenters. The first-order valence-electron chi connectivity index (χ1n) is 20.8. The van der Waals surface area contributed by atoms with Crippen LogP contribution in [0.3, 0.4) is 0 Å². The first-order valence-corrected chi connectivity index (χ1v) is 20.8. The minimum atomic E-state index is 0.630. The Morgan fingerprint density at radius 3 is 1.44 bits per heavy atom. The van der Waals surface area contributed by atoms with Crippen LogP contribution in [0.1, 0.15) is 0 Å². The van der Waals surface area contributed by atoms with Crippen molar-refractivity contribution in [2.45, 2.75) is 0 Å². The topological polar surface area (TPSA) is 43.1 Å². The lowest BCUT2D eigenvalue weighted by atomic mass is 9.88. The molecule has 282 valence electrons. The van der Waals surface area contributed by atoms with E-state index in [9.17, 15) is 0 Å². The monoisotopic (exact) mass is 774 g/mol. The molecule has 4 heteroatoms. The van der Waals surface area contributed by atoms with Gasteiger partial charge in [0.05, 0.1) is 16.6 Å². The third-order valence-electron chi connectivity index (χ3n) is 12.6. The van der Waals surface area contributed by atoms with Crippen molar-refractivity contribution in [2.24, 2.45) is 0 Å². The summed E-state index contributed by atoms with van der Waals surface area (Å²) < 4.78 is 2.46. The minimum absolute atomic E-state index is 0.630. The van der Waals surface area contributed by atoms with Crippen molar-refractivity contribution in [3.8, 4) is 56.4 Å². The molecule has 13 aromatic rings. The second kappa shape index (κ2) is 13.2. The zero-order valence-electron chi connectivity index (χ0n) is 32.9. The summed E-state index contributed by atoms with van der Waals surface area (Å²) in [4.78, 5) is 15.9. The molecule has 0 aliphatic carbocycles. The van der Waals surface area contributed by atoms with Gasteiger partial charge >= 0.3 is 0 Å². The van der Waals surface area contributed by atoms with Gasteiger partial charge in [-0.15, -0.1) is 0 Å². The van der Waals surface area contributed by atoms with Gasteiger partial charge in [-0.05, 0) is 73.5 Å². The van der Waals surface area contributed by atoms with Crippen LogP contribution in [-0.4, -0.2) is 19.4 Å². The molecule has 0 N–H and O–H groups in total. The van der Waals surface area contributed by atoms with Crippen LogP contribution in [0.2, 0.25) is 0 Å². The maximum absolute atomic E-state index is 5.39. The zero-order chi connectivity index (χ0) is 40.0. The number of para-hydroxylation sites is 2. The highest BCUT2D eigenvalue weighted by Crippen LogP contribution is 2.45. The Labute approximate surface area is 351 Å². The van der Waals surface area contributed by atoms with Crippen LogP contribution in [0.4, 0.5) is 0 Å². The van der Waals surface area contributed by atoms with Crippen molar-refractivity contribution in [3.05, 3.63) is 206 Å². The molecule has 0 fully saturated rings. The molecular formula is C57H34N4. The van der Waals surface area contributed by atoms with Crippen molar-refractivity contribution >= 4 is 70.4 Å². The SMILES string of the molecule is c1ccc(-c2ccc(-c3nc(-c4ccccc4)nc(-c4cc(-c5ccc6c7cccc8c9ccccc9n(c6c5)c87)cc5c6ccccc6c6ccccc6c45)n3)cc2)cc1. The maximum Gasteiger partial charge on any atom is 0.164 e. The smallest absolute Gasteiger partial charge is 0.164 e. The van der Waals surface area contributed by atoms with Crippen molar-refractivity contribution in [1.82, 2.24) is 19.4 Å². The third-order valence-corrected chi connectivity index (χ3v) is 12.6. The van der Waals surface area contributed by atoms with E-state index in [1.54, 1.807) is 0 Å². The zero-order valence-corrected chi connectivity index (χ0v) is 32.9. The average Bonchev–Trinajstić information content (AvgIpc) is 3.86. The van der Waals surface area contributed by atoms with Crippen LogP contribution < -0.4 is 0 Å². The average molecular weight is 775 g/mol. The largest absolute Gasteiger partial charge is 0.308 e. The minimum Gasteiger partial charge on any atom is -0.308 e. The Hall–Kier alpha value is -8.21. The lowest BCUT2D eigenvalue weighted by Crippen LogP contribution is -2.01. The molecular weight excluding hydrogens is 741 g/mol. The van der Waals surface area contributed by atoms with Gasteiger partial charge in [-0.3, -0.25) is 0 Å². The summed E-state index contributed by atoms with van der Waals surface area (Å²) in [6, 6.07) is 73.9. The van der Waals surface area contributed by atoms with Gasteiger partial charge < -0.3 is 4.40 Å². The summed E-state index contributed by atoms with van der Waals surface area (Å²) in [5.74, 6) is 1.90. The second-order valence-corrected chi connectivity index (χ2v) is 15.9. The normalized spacial score (nSPS) is 11.9. The van der Waals surface area contributed by atoms with E-state index >= 15 is 0 Å². The second-order valence-electron chi connectivity index (χ2n) is 15.9. The molecule has 13 rings (SSSR count). The summed E-state index contributed by atoms with van der Waals surface area (Å²) in [6.45, 7) is 0. The molecule has 4 nitrogen and oxygen atoms in total. The molecule has 0 aliphatic heterocycles. The first kappa shape index (κ1) is 33.7. The highest BCUT2D eigenvalue weighted by molar-refractivity contribution is 6.29. The number of fused-ring (bicyclic) bond motifs is 12. The molecule has 0 spiro atoms. The van der Waals surface area contributed by atoms with Crippen molar-refractivity contribution in [3.63, 3.8) is 0 Å². The van der Waals surface area contributed by atoms with Gasteiger partial charge in [0.1, 0.15) is 0 Å². The predicted molar refractivity (Wildman–Crippen MR) is 254 cm³/mol. The standard InChI is InChI=1S/C57H34N4/c1-3-14-35(15-4-1)36-26-28-38(29-27-36)56-58-55(37-16-5-2-6-17-37)59-57(60-56)50-33-40(32-49-43-20-8-7-18-41(43)42-19-9-10-22-46(42)53(49)50)39-30-31-45-48-24-13-23-47-44-21-11-12-25-51(44)61(54(47)48)52(45)34-39/h1-34H. The van der Waals surface area contributed by atoms with Crippen molar-refractivity contribution in [1.29, 1.82) is 0 Å². The fourth-order valence-corrected chi connectivity index (χ4v) is 9.77. The molecule has 3 aromatic heterocycles. The van der Waals surface area contributed by atoms with E-state index in [0.29, 0.717) is 17.5 Å². The van der Waals surface area contributed by atoms with E-state index in [2.05, 4.69) is 186 Å². The highest BCUT2D eigenvalue weighted by atomic mass is 15.0. The van der Waals surface area contributed by atoms with Crippen molar-refractivity contribution in [2.75, 3.05) is 0 Å². The summed E-state index contributed by atoms with van der Waals surface area (Å²) in [5, 5.41) is 12.2. The van der Waals surface area contributed by atoms with E-state index in [0.717, 1.165) is 44.2 Å². The van der Waals surface area contributed by atoms with Gasteiger partial charge in [-0.25, -0.2) is 15.0 Å². The molecule has 3 heterocycles. The fraction of sp³-hybridized carbons (Fsp3) is 0. The highest BCUT2D eigenvalue weighted by Gasteiger charge is 2.21. The van der Waals surface area contributed by atoms with Crippen LogP contribution in [0.25, 0.3) is 127 Å². The first-order chi connectivity index (χ1) is 30.2. The molecule has 0 aliphatic rings. The molecule has 0 radical (unpaired) electrons. The van der Waals surface area contributed by atoms with Gasteiger partial charge in [0, 0.05) is 43.6 Å². The summed E-state index contributed by atoms with van der Waals surface area (Å²) in [7, 11) is 0. The predicted octanol–water partition coefficient (Wildman–Crippen LogP) is 14.8. The molecule has 61 heavy (non-hydrogen) atoms. The van der Waals surface area contributed by atoms with Crippen molar-refractivity contribution < 1.29 is 0 Å². The summed E-state index contributed by atoms with van der Waals surface area (Å²) >= 11 is 0. The number of benzene rings is 10. The Morgan fingerprint density at radius 2 is 0.738 bits per heavy atom. The van der Waals surface area contributed by atoms with Gasteiger partial charge in [-0.2, -0.15) is 0 Å². The van der Waals surface area contributed by atoms with Crippen LogP contribution in [0.15, 0.2) is 206 Å². The van der Waals surface area contributed by atoms with Crippen LogP contribution in [-0.2, 0) is 0 Å². The van der Waals surface area contributed by atoms with Gasteiger partial charge in [-0.1, -0.05) is 182 Å². The summed E-state index contributed by atoms with van der Waals surface area (Å²) in [6.07, 6.45) is 0. The molecule has 0 saturated carbocycles. The van der Waals surface area contributed by atoms with E-state index in [1.165, 1.54) is 65.2 Å². The lowest BCUT2D eigenvalue weighted by molar-refractivity contribution is 1.08. The number of nitrogens with zero attached hydrogens (tertiary/aromatic N) is 4. The van der Waals surface area contributed by atoms with Gasteiger partial charge in [0.2, 0.25) is 0 Å². The van der Waals surface area contributed by atoms with Gasteiger partial charge in [0.25, 0.3) is 0 Å². The van der Waals surface area contributed by atoms with E-state index in [-0.39, 0.29) is 0 Å². The van der Waals surface area contributed by atoms with E-state index in [1.807, 2.05) is 24.3 Å². The Morgan fingerprint density at radius 1 is 0.262 bits per heavy atom. The van der Waals surface area contributed by atoms with Crippen LogP contribution in [0, 0.1) is 0 Å². The molecule has 0 amide bonds. The molecule has 0 saturated heterocycles. The van der Waals surface area contributed by atoms with Gasteiger partial charge in [0.15, 0.2) is 17.5 Å². The molecule has 10 aromatic carbocycles. The van der Waals surface area contributed by atoms with Crippen LogP contribution >= 0.6 is 0 Å². The number of aromatic nitrogens is 4. The quantitative estimate of drug-likeness (QED) is 0.164. The van der Waals surface area contributed by atoms with E-state index in [4.69, 9.17) is 15.0 Å². The number of hydrogen-bond acceptors (Lipinski definition) is 3. The molecule has 0 bridgehead atoms. The third kappa shape index (κ3) is 5.16. The number of hydrogen-bond donors (Lipinski definition) is 0.